The molecule has 1 fully saturated rings. The second-order valence-electron chi connectivity index (χ2n) is 8.77. The van der Waals surface area contributed by atoms with Crippen molar-refractivity contribution < 1.29 is 24.2 Å². The van der Waals surface area contributed by atoms with E-state index in [1.807, 2.05) is 60.7 Å². The summed E-state index contributed by atoms with van der Waals surface area (Å²) in [6.45, 7) is 0. The maximum Gasteiger partial charge on any atom is 0.0619 e. The van der Waals surface area contributed by atoms with Crippen molar-refractivity contribution in [2.75, 3.05) is 0 Å². The first-order valence-electron chi connectivity index (χ1n) is 13.7. The van der Waals surface area contributed by atoms with Gasteiger partial charge in [-0.15, -0.1) is 59.7 Å². The molecule has 3 aromatic carbocycles. The van der Waals surface area contributed by atoms with Crippen molar-refractivity contribution in [3.63, 3.8) is 0 Å². The van der Waals surface area contributed by atoms with Gasteiger partial charge < -0.3 is 9.97 Å². The average molecular weight is 678 g/mol. The van der Waals surface area contributed by atoms with Crippen molar-refractivity contribution in [3.05, 3.63) is 121 Å². The molecule has 1 radical (unpaired) electrons. The van der Waals surface area contributed by atoms with Crippen LogP contribution >= 0.6 is 11.3 Å². The number of hydrogen-bond donors (Lipinski definition) is 0. The van der Waals surface area contributed by atoms with E-state index >= 15 is 0 Å². The van der Waals surface area contributed by atoms with Gasteiger partial charge in [0.1, 0.15) is 0 Å². The Hall–Kier alpha value is -3.17. The number of benzene rings is 3. The number of thiophene rings is 1. The quantitative estimate of drug-likeness (QED) is 0.175. The molecule has 0 atom stereocenters. The minimum atomic E-state index is -0.758. The van der Waals surface area contributed by atoms with Crippen LogP contribution in [0.5, 0.6) is 0 Å². The Morgan fingerprint density at radius 2 is 1.65 bits per heavy atom. The first kappa shape index (κ1) is 21.9. The van der Waals surface area contributed by atoms with Crippen LogP contribution in [0, 0.1) is 12.1 Å². The fourth-order valence-corrected chi connectivity index (χ4v) is 5.84. The van der Waals surface area contributed by atoms with Gasteiger partial charge in [0.15, 0.2) is 0 Å². The van der Waals surface area contributed by atoms with E-state index in [0.29, 0.717) is 11.3 Å². The molecule has 0 aliphatic heterocycles. The summed E-state index contributed by atoms with van der Waals surface area (Å²) in [4.78, 5) is 8.79. The van der Waals surface area contributed by atoms with Crippen molar-refractivity contribution in [2.24, 2.45) is 0 Å². The van der Waals surface area contributed by atoms with Crippen LogP contribution in [-0.4, -0.2) is 9.97 Å². The Bertz CT molecular complexity index is 1710. The monoisotopic (exact) mass is 678 g/mol. The first-order chi connectivity index (χ1) is 19.0. The molecule has 37 heavy (non-hydrogen) atoms. The average Bonchev–Trinajstić information content (AvgIpc) is 3.60. The van der Waals surface area contributed by atoms with Gasteiger partial charge in [-0.3, -0.25) is 0 Å². The predicted octanol–water partition coefficient (Wildman–Crippen LogP) is 9.12. The Morgan fingerprint density at radius 1 is 0.811 bits per heavy atom. The fraction of sp³-hybridized carbons (Fsp3) is 0.152. The summed E-state index contributed by atoms with van der Waals surface area (Å²) >= 11 is 1.67. The summed E-state index contributed by atoms with van der Waals surface area (Å²) in [5, 5.41) is 2.33. The molecule has 4 heteroatoms. The topological polar surface area (TPSA) is 25.8 Å². The van der Waals surface area contributed by atoms with Crippen LogP contribution in [0.2, 0.25) is 0 Å². The maximum absolute atomic E-state index is 8.69. The molecule has 1 aliphatic carbocycles. The van der Waals surface area contributed by atoms with Gasteiger partial charge >= 0.3 is 0 Å². The van der Waals surface area contributed by atoms with E-state index in [2.05, 4.69) is 40.3 Å². The van der Waals surface area contributed by atoms with Gasteiger partial charge in [-0.05, 0) is 57.9 Å². The summed E-state index contributed by atoms with van der Waals surface area (Å²) in [5.74, 6) is -0.758. The van der Waals surface area contributed by atoms with Crippen molar-refractivity contribution in [3.8, 4) is 22.5 Å². The standard InChI is InChI=1S/C22H18NS.C11H8N.Ir/c1-2-7-15(6-1)16-12-13-20(23-14-16)19-10-5-9-18-17-8-3-4-11-21(17)24-22(18)19;1-2-6-10(7-3-1)11-8-4-5-9-12-11;/h3-5,8-9,11-15H,1-2,6-7H2;1-6,8-9H;/q2*-1;/i12D,13D,15D;;. The summed E-state index contributed by atoms with van der Waals surface area (Å²) in [5.41, 5.74) is 3.88. The second-order valence-corrected chi connectivity index (χ2v) is 9.82. The van der Waals surface area contributed by atoms with Crippen LogP contribution in [0.1, 0.15) is 41.3 Å². The van der Waals surface area contributed by atoms with Gasteiger partial charge in [0.25, 0.3) is 0 Å². The van der Waals surface area contributed by atoms with Crippen LogP contribution < -0.4 is 0 Å². The molecule has 0 saturated heterocycles. The third kappa shape index (κ3) is 5.57. The first-order valence-corrected chi connectivity index (χ1v) is 13.0. The largest absolute Gasteiger partial charge is 0.305 e. The molecule has 1 saturated carbocycles. The summed E-state index contributed by atoms with van der Waals surface area (Å²) in [6.07, 6.45) is 6.96. The summed E-state index contributed by atoms with van der Waals surface area (Å²) < 4.78 is 28.1. The normalized spacial score (nSPS) is 15.2. The molecule has 0 unspecified atom stereocenters. The maximum atomic E-state index is 8.69. The van der Waals surface area contributed by atoms with E-state index < -0.39 is 5.89 Å². The molecule has 1 aliphatic rings. The number of rotatable bonds is 3. The molecular weight excluding hydrogens is 649 g/mol. The molecule has 3 aromatic heterocycles. The van der Waals surface area contributed by atoms with E-state index in [4.69, 9.17) is 4.11 Å². The zero-order chi connectivity index (χ0) is 26.8. The van der Waals surface area contributed by atoms with E-state index in [1.54, 1.807) is 23.7 Å². The van der Waals surface area contributed by atoms with Crippen LogP contribution in [0.15, 0.2) is 103 Å². The Kier molecular flexibility index (Phi) is 7.04. The number of pyridine rings is 2. The van der Waals surface area contributed by atoms with Gasteiger partial charge in [-0.2, -0.15) is 11.3 Å². The van der Waals surface area contributed by atoms with Gasteiger partial charge in [0, 0.05) is 38.6 Å². The van der Waals surface area contributed by atoms with Crippen LogP contribution in [0.3, 0.4) is 0 Å². The third-order valence-corrected chi connectivity index (χ3v) is 7.66. The Labute approximate surface area is 240 Å². The minimum Gasteiger partial charge on any atom is -0.305 e. The van der Waals surface area contributed by atoms with Gasteiger partial charge in [-0.25, -0.2) is 0 Å². The minimum absolute atomic E-state index is 0. The molecule has 3 heterocycles. The van der Waals surface area contributed by atoms with Crippen molar-refractivity contribution >= 4 is 31.5 Å². The summed E-state index contributed by atoms with van der Waals surface area (Å²) in [6, 6.07) is 32.5. The van der Waals surface area contributed by atoms with Crippen LogP contribution in [0.25, 0.3) is 42.7 Å². The zero-order valence-corrected chi connectivity index (χ0v) is 23.3. The Morgan fingerprint density at radius 3 is 2.46 bits per heavy atom. The Balaban J connectivity index is 0.000000209. The zero-order valence-electron chi connectivity index (χ0n) is 23.1. The van der Waals surface area contributed by atoms with E-state index in [0.717, 1.165) is 52.6 Å². The fourth-order valence-electron chi connectivity index (χ4n) is 4.64. The SMILES string of the molecule is [2H]c1c(C2([2H])CCCC2)cnc(-c2[c-]ccc3c2sc2ccccc23)c1[2H].[Ir].[c-]1ccccc1-c1ccccn1. The molecule has 0 spiro atoms. The second kappa shape index (κ2) is 11.9. The molecule has 2 nitrogen and oxygen atoms in total. The van der Waals surface area contributed by atoms with E-state index in [-0.39, 0.29) is 32.2 Å². The summed E-state index contributed by atoms with van der Waals surface area (Å²) in [7, 11) is 0. The van der Waals surface area contributed by atoms with Crippen molar-refractivity contribution in [1.29, 1.82) is 0 Å². The predicted molar refractivity (Wildman–Crippen MR) is 151 cm³/mol. The van der Waals surface area contributed by atoms with Gasteiger partial charge in [0.2, 0.25) is 0 Å². The molecule has 0 amide bonds. The smallest absolute Gasteiger partial charge is 0.0619 e. The van der Waals surface area contributed by atoms with Gasteiger partial charge in [0.05, 0.1) is 2.74 Å². The van der Waals surface area contributed by atoms with Crippen molar-refractivity contribution in [1.82, 2.24) is 9.97 Å². The van der Waals surface area contributed by atoms with Crippen molar-refractivity contribution in [2.45, 2.75) is 31.6 Å². The number of aromatic nitrogens is 2. The van der Waals surface area contributed by atoms with E-state index in [9.17, 15) is 0 Å². The number of nitrogens with zero attached hydrogens (tertiary/aromatic N) is 2. The van der Waals surface area contributed by atoms with Gasteiger partial charge in [-0.1, -0.05) is 60.6 Å². The van der Waals surface area contributed by atoms with Crippen LogP contribution in [-0.2, 0) is 20.1 Å². The molecule has 0 bridgehead atoms. The van der Waals surface area contributed by atoms with Crippen LogP contribution in [0.4, 0.5) is 0 Å². The molecule has 6 aromatic rings. The third-order valence-electron chi connectivity index (χ3n) is 6.45. The molecule has 185 valence electrons. The molecular formula is C33H26IrN2S-2. The molecule has 7 rings (SSSR count). The molecule has 0 N–H and O–H groups in total. The number of hydrogen-bond acceptors (Lipinski definition) is 3. The number of fused-ring (bicyclic) bond motifs is 3. The van der Waals surface area contributed by atoms with E-state index in [1.165, 1.54) is 10.1 Å².